The Morgan fingerprint density at radius 3 is 2.50 bits per heavy atom. The Morgan fingerprint density at radius 2 is 1.94 bits per heavy atom. The van der Waals surface area contributed by atoms with E-state index in [1.165, 1.54) is 4.88 Å². The summed E-state index contributed by atoms with van der Waals surface area (Å²) < 4.78 is 5.82. The molecule has 2 nitrogen and oxygen atoms in total. The second-order valence-corrected chi connectivity index (χ2v) is 4.88. The van der Waals surface area contributed by atoms with Gasteiger partial charge in [-0.3, -0.25) is 0 Å². The molecule has 0 aliphatic heterocycles. The third kappa shape index (κ3) is 2.36. The van der Waals surface area contributed by atoms with Crippen LogP contribution in [0.4, 0.5) is 5.69 Å². The van der Waals surface area contributed by atoms with E-state index < -0.39 is 0 Å². The summed E-state index contributed by atoms with van der Waals surface area (Å²) in [6.45, 7) is 4.67. The van der Waals surface area contributed by atoms with Crippen LogP contribution in [0.3, 0.4) is 0 Å². The van der Waals surface area contributed by atoms with Gasteiger partial charge in [0.25, 0.3) is 0 Å². The van der Waals surface area contributed by atoms with E-state index in [1.54, 1.807) is 11.3 Å². The summed E-state index contributed by atoms with van der Waals surface area (Å²) in [6.07, 6.45) is 0. The summed E-state index contributed by atoms with van der Waals surface area (Å²) >= 11 is 1.71. The summed E-state index contributed by atoms with van der Waals surface area (Å²) in [5.74, 6) is 0.947. The molecule has 0 bridgehead atoms. The molecule has 84 valence electrons. The van der Waals surface area contributed by atoms with Crippen molar-refractivity contribution in [2.75, 3.05) is 5.73 Å². The van der Waals surface area contributed by atoms with Crippen LogP contribution in [0.15, 0.2) is 29.6 Å². The third-order valence-corrected chi connectivity index (χ3v) is 3.27. The number of anilines is 1. The van der Waals surface area contributed by atoms with Crippen molar-refractivity contribution in [1.29, 1.82) is 0 Å². The van der Waals surface area contributed by atoms with Gasteiger partial charge in [0.2, 0.25) is 0 Å². The average Bonchev–Trinajstić information content (AvgIpc) is 2.68. The smallest absolute Gasteiger partial charge is 0.125 e. The number of thiophene rings is 1. The SMILES string of the molecule is Cc1cc(N)cc(C)c1OCc1cccs1. The molecule has 0 saturated heterocycles. The zero-order valence-electron chi connectivity index (χ0n) is 9.49. The highest BCUT2D eigenvalue weighted by Crippen LogP contribution is 2.27. The Balaban J connectivity index is 2.15. The minimum atomic E-state index is 0.628. The van der Waals surface area contributed by atoms with Gasteiger partial charge in [0, 0.05) is 10.6 Å². The van der Waals surface area contributed by atoms with E-state index >= 15 is 0 Å². The van der Waals surface area contributed by atoms with Gasteiger partial charge in [-0.1, -0.05) is 6.07 Å². The lowest BCUT2D eigenvalue weighted by Crippen LogP contribution is -1.98. The van der Waals surface area contributed by atoms with E-state index in [0.717, 1.165) is 22.6 Å². The van der Waals surface area contributed by atoms with Gasteiger partial charge in [0.05, 0.1) is 0 Å². The molecule has 2 N–H and O–H groups in total. The number of nitrogens with two attached hydrogens (primary N) is 1. The lowest BCUT2D eigenvalue weighted by atomic mass is 10.1. The van der Waals surface area contributed by atoms with E-state index in [0.29, 0.717) is 6.61 Å². The van der Waals surface area contributed by atoms with E-state index in [1.807, 2.05) is 32.0 Å². The van der Waals surface area contributed by atoms with Gasteiger partial charge in [-0.2, -0.15) is 0 Å². The van der Waals surface area contributed by atoms with Crippen LogP contribution in [0, 0.1) is 13.8 Å². The minimum absolute atomic E-state index is 0.628. The number of rotatable bonds is 3. The molecule has 0 radical (unpaired) electrons. The topological polar surface area (TPSA) is 35.2 Å². The first-order valence-corrected chi connectivity index (χ1v) is 6.06. The van der Waals surface area contributed by atoms with E-state index in [4.69, 9.17) is 10.5 Å². The maximum absolute atomic E-state index is 5.82. The Bertz CT molecular complexity index is 454. The first-order chi connectivity index (χ1) is 7.66. The lowest BCUT2D eigenvalue weighted by molar-refractivity contribution is 0.305. The molecule has 0 amide bonds. The lowest BCUT2D eigenvalue weighted by Gasteiger charge is -2.12. The first kappa shape index (κ1) is 11.0. The van der Waals surface area contributed by atoms with Crippen LogP contribution in [0.2, 0.25) is 0 Å². The quantitative estimate of drug-likeness (QED) is 0.823. The summed E-state index contributed by atoms with van der Waals surface area (Å²) in [6, 6.07) is 7.99. The van der Waals surface area contributed by atoms with E-state index in [-0.39, 0.29) is 0 Å². The number of nitrogen functional groups attached to an aromatic ring is 1. The van der Waals surface area contributed by atoms with Gasteiger partial charge >= 0.3 is 0 Å². The predicted octanol–water partition coefficient (Wildman–Crippen LogP) is 3.53. The van der Waals surface area contributed by atoms with Gasteiger partial charge < -0.3 is 10.5 Å². The van der Waals surface area contributed by atoms with Crippen molar-refractivity contribution in [3.63, 3.8) is 0 Å². The molecule has 0 fully saturated rings. The van der Waals surface area contributed by atoms with Gasteiger partial charge in [-0.15, -0.1) is 11.3 Å². The molecule has 0 spiro atoms. The fraction of sp³-hybridized carbons (Fsp3) is 0.231. The number of hydrogen-bond acceptors (Lipinski definition) is 3. The maximum Gasteiger partial charge on any atom is 0.125 e. The number of ether oxygens (including phenoxy) is 1. The second-order valence-electron chi connectivity index (χ2n) is 3.85. The number of hydrogen-bond donors (Lipinski definition) is 1. The first-order valence-electron chi connectivity index (χ1n) is 5.18. The molecule has 1 aromatic carbocycles. The molecule has 2 rings (SSSR count). The third-order valence-electron chi connectivity index (χ3n) is 2.42. The molecule has 1 heterocycles. The molecular formula is C13H15NOS. The Labute approximate surface area is 99.7 Å². The second kappa shape index (κ2) is 4.58. The van der Waals surface area contributed by atoms with Crippen LogP contribution in [-0.4, -0.2) is 0 Å². The molecular weight excluding hydrogens is 218 g/mol. The largest absolute Gasteiger partial charge is 0.488 e. The Morgan fingerprint density at radius 1 is 1.25 bits per heavy atom. The van der Waals surface area contributed by atoms with Crippen LogP contribution in [0.5, 0.6) is 5.75 Å². The number of aryl methyl sites for hydroxylation is 2. The molecule has 0 aliphatic carbocycles. The monoisotopic (exact) mass is 233 g/mol. The summed E-state index contributed by atoms with van der Waals surface area (Å²) in [5, 5.41) is 2.06. The highest BCUT2D eigenvalue weighted by atomic mass is 32.1. The van der Waals surface area contributed by atoms with Crippen LogP contribution >= 0.6 is 11.3 Å². The maximum atomic E-state index is 5.82. The molecule has 3 heteroatoms. The van der Waals surface area contributed by atoms with Crippen molar-refractivity contribution in [2.24, 2.45) is 0 Å². The van der Waals surface area contributed by atoms with Crippen LogP contribution in [-0.2, 0) is 6.61 Å². The zero-order valence-corrected chi connectivity index (χ0v) is 10.3. The van der Waals surface area contributed by atoms with Gasteiger partial charge in [0.1, 0.15) is 12.4 Å². The van der Waals surface area contributed by atoms with E-state index in [2.05, 4.69) is 11.4 Å². The zero-order chi connectivity index (χ0) is 11.5. The van der Waals surface area contributed by atoms with Gasteiger partial charge in [0.15, 0.2) is 0 Å². The van der Waals surface area contributed by atoms with Crippen molar-refractivity contribution >= 4 is 17.0 Å². The Kier molecular flexibility index (Phi) is 3.15. The summed E-state index contributed by atoms with van der Waals surface area (Å²) in [7, 11) is 0. The fourth-order valence-corrected chi connectivity index (χ4v) is 2.37. The van der Waals surface area contributed by atoms with Crippen molar-refractivity contribution < 1.29 is 4.74 Å². The van der Waals surface area contributed by atoms with Gasteiger partial charge in [-0.25, -0.2) is 0 Å². The molecule has 2 aromatic rings. The molecule has 0 saturated carbocycles. The van der Waals surface area contributed by atoms with Crippen molar-refractivity contribution in [3.8, 4) is 5.75 Å². The molecule has 0 atom stereocenters. The van der Waals surface area contributed by atoms with Crippen LogP contribution < -0.4 is 10.5 Å². The standard InChI is InChI=1S/C13H15NOS/c1-9-6-11(14)7-10(2)13(9)15-8-12-4-3-5-16-12/h3-7H,8,14H2,1-2H3. The van der Waals surface area contributed by atoms with E-state index in [9.17, 15) is 0 Å². The summed E-state index contributed by atoms with van der Waals surface area (Å²) in [5.41, 5.74) is 8.74. The molecule has 16 heavy (non-hydrogen) atoms. The summed E-state index contributed by atoms with van der Waals surface area (Å²) in [4.78, 5) is 1.23. The van der Waals surface area contributed by atoms with Crippen molar-refractivity contribution in [2.45, 2.75) is 20.5 Å². The fourth-order valence-electron chi connectivity index (χ4n) is 1.75. The van der Waals surface area contributed by atoms with Crippen LogP contribution in [0.25, 0.3) is 0 Å². The average molecular weight is 233 g/mol. The van der Waals surface area contributed by atoms with Crippen molar-refractivity contribution in [3.05, 3.63) is 45.6 Å². The highest BCUT2D eigenvalue weighted by molar-refractivity contribution is 7.09. The number of benzene rings is 1. The molecule has 1 aromatic heterocycles. The molecule has 0 aliphatic rings. The van der Waals surface area contributed by atoms with Gasteiger partial charge in [-0.05, 0) is 48.6 Å². The molecule has 0 unspecified atom stereocenters. The van der Waals surface area contributed by atoms with Crippen LogP contribution in [0.1, 0.15) is 16.0 Å². The Hall–Kier alpha value is -1.48. The minimum Gasteiger partial charge on any atom is -0.488 e. The highest BCUT2D eigenvalue weighted by Gasteiger charge is 2.05. The van der Waals surface area contributed by atoms with Crippen molar-refractivity contribution in [1.82, 2.24) is 0 Å². The normalized spacial score (nSPS) is 10.4. The predicted molar refractivity (Wildman–Crippen MR) is 69.0 cm³/mol.